The number of carboxylic acid groups (broad SMARTS) is 1. The Morgan fingerprint density at radius 3 is 1.06 bits per heavy atom. The molecule has 0 aromatic rings. The van der Waals surface area contributed by atoms with Gasteiger partial charge in [0.05, 0.1) is 0 Å². The molecule has 402 valence electrons. The molecule has 0 saturated carbocycles. The van der Waals surface area contributed by atoms with E-state index in [1.807, 2.05) is 0 Å². The zero-order valence-electron chi connectivity index (χ0n) is 40.0. The maximum absolute atomic E-state index is 14.1. The molecule has 0 aliphatic rings. The van der Waals surface area contributed by atoms with Gasteiger partial charge in [-0.3, -0.25) is 63.1 Å². The van der Waals surface area contributed by atoms with Gasteiger partial charge in [0.1, 0.15) is 48.3 Å². The number of aliphatic imine (C=N–C) groups is 4. The van der Waals surface area contributed by atoms with Gasteiger partial charge in [-0.2, -0.15) is 0 Å². The summed E-state index contributed by atoms with van der Waals surface area (Å²) in [7, 11) is 2.12. The number of nitrogens with one attached hydrogen (secondary N) is 7. The van der Waals surface area contributed by atoms with E-state index in [2.05, 4.69) is 57.2 Å². The van der Waals surface area contributed by atoms with Crippen LogP contribution in [-0.4, -0.2) is 168 Å². The highest BCUT2D eigenvalue weighted by Gasteiger charge is 2.32. The number of carboxylic acids is 1. The fraction of sp³-hybridized carbons (Fsp3) is 0.658. The van der Waals surface area contributed by atoms with Crippen molar-refractivity contribution in [3.8, 4) is 0 Å². The maximum atomic E-state index is 14.1. The lowest BCUT2D eigenvalue weighted by molar-refractivity contribution is -0.138. The van der Waals surface area contributed by atoms with Crippen molar-refractivity contribution in [2.75, 3.05) is 37.7 Å². The first kappa shape index (κ1) is 64.0. The van der Waals surface area contributed by atoms with Crippen molar-refractivity contribution in [3.05, 3.63) is 0 Å². The first-order valence-corrected chi connectivity index (χ1v) is 24.6. The summed E-state index contributed by atoms with van der Waals surface area (Å²) < 4.78 is 0. The number of carbonyl (C=O) groups is 9. The van der Waals surface area contributed by atoms with Gasteiger partial charge in [0, 0.05) is 44.6 Å². The van der Waals surface area contributed by atoms with Crippen LogP contribution in [0.4, 0.5) is 0 Å². The van der Waals surface area contributed by atoms with Crippen molar-refractivity contribution in [2.45, 2.75) is 120 Å². The second-order valence-electron chi connectivity index (χ2n) is 15.7. The minimum absolute atomic E-state index is 0.00144. The van der Waals surface area contributed by atoms with Crippen LogP contribution in [0.5, 0.6) is 0 Å². The normalized spacial score (nSPS) is 14.0. The third-order valence-corrected chi connectivity index (χ3v) is 11.9. The monoisotopic (exact) mass is 1050 g/mol. The fourth-order valence-electron chi connectivity index (χ4n) is 5.74. The van der Waals surface area contributed by atoms with Gasteiger partial charge in [-0.25, -0.2) is 0 Å². The molecule has 3 unspecified atom stereocenters. The molecular formula is C38H73N21O10S2. The highest BCUT2D eigenvalue weighted by molar-refractivity contribution is 8.76. The number of aliphatic carboxylic acids is 1. The molecule has 0 radical (unpaired) electrons. The predicted molar refractivity (Wildman–Crippen MR) is 270 cm³/mol. The van der Waals surface area contributed by atoms with Crippen LogP contribution in [0.15, 0.2) is 20.0 Å². The van der Waals surface area contributed by atoms with E-state index < -0.39 is 102 Å². The number of nitrogens with two attached hydrogens (primary N) is 10. The Bertz CT molecular complexity index is 1910. The summed E-state index contributed by atoms with van der Waals surface area (Å²) in [5.41, 5.74) is 54.4. The first-order chi connectivity index (χ1) is 33.2. The molecule has 0 saturated heterocycles. The van der Waals surface area contributed by atoms with Crippen LogP contribution in [0.1, 0.15) is 72.1 Å². The van der Waals surface area contributed by atoms with Gasteiger partial charge in [-0.05, 0) is 65.2 Å². The van der Waals surface area contributed by atoms with E-state index in [0.717, 1.165) is 21.6 Å². The van der Waals surface area contributed by atoms with Crippen LogP contribution in [0.25, 0.3) is 0 Å². The second-order valence-corrected chi connectivity index (χ2v) is 18.2. The molecule has 0 spiro atoms. The number of amides is 8. The highest BCUT2D eigenvalue weighted by atomic mass is 33.1. The van der Waals surface area contributed by atoms with Gasteiger partial charge >= 0.3 is 5.97 Å². The third-order valence-electron chi connectivity index (χ3n) is 9.42. The topological polar surface area (TPSA) is 568 Å². The summed E-state index contributed by atoms with van der Waals surface area (Å²) in [6.45, 7) is 4.04. The summed E-state index contributed by atoms with van der Waals surface area (Å²) in [5, 5.41) is 26.7. The molecule has 0 aromatic heterocycles. The molecule has 71 heavy (non-hydrogen) atoms. The molecular weight excluding hydrogens is 975 g/mol. The molecule has 8 atom stereocenters. The van der Waals surface area contributed by atoms with E-state index in [9.17, 15) is 43.2 Å². The average molecular weight is 1050 g/mol. The van der Waals surface area contributed by atoms with Crippen LogP contribution < -0.4 is 94.6 Å². The largest absolute Gasteiger partial charge is 0.480 e. The number of hydrogen-bond donors (Lipinski definition) is 18. The maximum Gasteiger partial charge on any atom is 0.321 e. The molecule has 0 fully saturated rings. The Hall–Kier alpha value is -7.03. The van der Waals surface area contributed by atoms with Crippen LogP contribution in [-0.2, 0) is 43.2 Å². The number of guanidine groups is 4. The molecule has 0 bridgehead atoms. The number of rotatable bonds is 36. The van der Waals surface area contributed by atoms with Crippen LogP contribution in [0, 0.1) is 0 Å². The quantitative estimate of drug-likeness (QED) is 0.0120. The molecule has 0 heterocycles. The van der Waals surface area contributed by atoms with E-state index in [0.29, 0.717) is 0 Å². The van der Waals surface area contributed by atoms with Crippen LogP contribution in [0.2, 0.25) is 0 Å². The highest BCUT2D eigenvalue weighted by Crippen LogP contribution is 2.23. The zero-order chi connectivity index (χ0) is 54.2. The summed E-state index contributed by atoms with van der Waals surface area (Å²) in [5.74, 6) is -8.58. The zero-order valence-corrected chi connectivity index (χ0v) is 41.7. The van der Waals surface area contributed by atoms with E-state index >= 15 is 0 Å². The molecule has 0 aliphatic carbocycles. The third kappa shape index (κ3) is 30.2. The van der Waals surface area contributed by atoms with Crippen molar-refractivity contribution in [2.24, 2.45) is 77.3 Å². The summed E-state index contributed by atoms with van der Waals surface area (Å²) in [6.07, 6.45) is 0.443. The van der Waals surface area contributed by atoms with Gasteiger partial charge < -0.3 is 99.7 Å². The van der Waals surface area contributed by atoms with Gasteiger partial charge in [-0.15, -0.1) is 0 Å². The summed E-state index contributed by atoms with van der Waals surface area (Å²) in [6, 6.07) is -10.2. The van der Waals surface area contributed by atoms with Gasteiger partial charge in [-0.1, -0.05) is 21.6 Å². The minimum Gasteiger partial charge on any atom is -0.480 e. The van der Waals surface area contributed by atoms with Crippen LogP contribution in [0.3, 0.4) is 0 Å². The summed E-state index contributed by atoms with van der Waals surface area (Å²) in [4.78, 5) is 133. The smallest absolute Gasteiger partial charge is 0.321 e. The average Bonchev–Trinajstić information content (AvgIpc) is 3.27. The SMILES string of the molecule is CC(=O)NC(CSSCC(N)C(=O)O)C(=O)N[C@H](C)C(=O)N[C@H](CCCN=C(N)N)C(=O)N[C@H](CCCN=C(N)N)C(=O)N[C@H](CCCN=C(N)N)C(=O)N[C@H](C)C(=O)NC(CCCN=C(N)N)C(N)=O. The van der Waals surface area contributed by atoms with Gasteiger partial charge in [0.2, 0.25) is 47.3 Å². The predicted octanol–water partition coefficient (Wildman–Crippen LogP) is -8.07. The van der Waals surface area contributed by atoms with Crippen LogP contribution >= 0.6 is 21.6 Å². The van der Waals surface area contributed by atoms with E-state index in [1.165, 1.54) is 20.8 Å². The van der Waals surface area contributed by atoms with Gasteiger partial charge in [0.15, 0.2) is 23.8 Å². The number of nitrogens with zero attached hydrogens (tertiary/aromatic N) is 4. The Labute approximate surface area is 418 Å². The van der Waals surface area contributed by atoms with Crippen molar-refractivity contribution in [1.82, 2.24) is 37.2 Å². The Kier molecular flexibility index (Phi) is 31.6. The van der Waals surface area contributed by atoms with E-state index in [-0.39, 0.29) is 113 Å². The Morgan fingerprint density at radius 2 is 0.732 bits per heavy atom. The number of carbonyl (C=O) groups excluding carboxylic acids is 8. The van der Waals surface area contributed by atoms with Crippen molar-refractivity contribution >= 4 is 98.7 Å². The minimum atomic E-state index is -1.41. The molecule has 8 amide bonds. The molecule has 28 N–H and O–H groups in total. The first-order valence-electron chi connectivity index (χ1n) is 22.1. The lowest BCUT2D eigenvalue weighted by Gasteiger charge is -2.27. The van der Waals surface area contributed by atoms with E-state index in [1.54, 1.807) is 0 Å². The van der Waals surface area contributed by atoms with E-state index in [4.69, 9.17) is 62.4 Å². The standard InChI is InChI=1S/C38H73N21O10S2/c1-18(28(62)56-22(27(40)61)8-4-12-49-35(41)42)53-30(64)23(9-5-13-50-36(43)44)58-32(66)25(11-7-15-52-38(47)48)59-31(65)24(10-6-14-51-37(45)46)57-29(63)19(2)54-33(67)26(55-20(3)60)17-71-70-16-21(39)34(68)69/h18-19,21-26H,4-17,39H2,1-3H3,(H2,40,61)(H,53,64)(H,54,67)(H,55,60)(H,56,62)(H,57,63)(H,58,66)(H,59,65)(H,68,69)(H4,41,42,49)(H4,43,44,50)(H4,45,46,51)(H4,47,48,52)/t18-,19-,21?,22?,23-,24-,25-,26?/m1/s1. The molecule has 0 aliphatic heterocycles. The summed E-state index contributed by atoms with van der Waals surface area (Å²) >= 11 is 0. The molecule has 0 rings (SSSR count). The van der Waals surface area contributed by atoms with Gasteiger partial charge in [0.25, 0.3) is 0 Å². The lowest BCUT2D eigenvalue weighted by atomic mass is 10.0. The fourth-order valence-corrected chi connectivity index (χ4v) is 8.02. The van der Waals surface area contributed by atoms with Crippen molar-refractivity contribution < 1.29 is 48.3 Å². The Morgan fingerprint density at radius 1 is 0.437 bits per heavy atom. The van der Waals surface area contributed by atoms with Crippen molar-refractivity contribution in [1.29, 1.82) is 0 Å². The Balaban J connectivity index is 6.54. The number of hydrogen-bond acceptors (Lipinski definition) is 16. The molecule has 33 heteroatoms. The lowest BCUT2D eigenvalue weighted by Crippen LogP contribution is -2.59. The second kappa shape index (κ2) is 35.1. The molecule has 31 nitrogen and oxygen atoms in total. The van der Waals surface area contributed by atoms with Crippen molar-refractivity contribution in [3.63, 3.8) is 0 Å². The number of primary amides is 1. The molecule has 0 aromatic carbocycles.